The van der Waals surface area contributed by atoms with Gasteiger partial charge in [0.05, 0.1) is 10.0 Å². The van der Waals surface area contributed by atoms with E-state index >= 15 is 0 Å². The number of alkyl halides is 2. The second kappa shape index (κ2) is 6.48. The van der Waals surface area contributed by atoms with Gasteiger partial charge in [0.1, 0.15) is 0 Å². The normalized spacial score (nSPS) is 12.4. The zero-order valence-corrected chi connectivity index (χ0v) is 9.92. The van der Waals surface area contributed by atoms with Crippen molar-refractivity contribution in [3.8, 4) is 0 Å². The second-order valence-corrected chi connectivity index (χ2v) is 3.66. The molecule has 0 spiro atoms. The van der Waals surface area contributed by atoms with Crippen LogP contribution < -0.4 is 5.73 Å². The smallest absolute Gasteiger partial charge is 0.240 e. The number of hydrogen-bond donors (Lipinski definition) is 1. The standard InChI is InChI=1S/C9H9Cl2F2N.ClH/c10-6-3-1-2-5(9(6)11)7(14)4-8(12)13;/h1-3,7-8H,4,14H2;1H/t7-;/m1./s1. The van der Waals surface area contributed by atoms with Crippen molar-refractivity contribution in [1.29, 1.82) is 0 Å². The first kappa shape index (κ1) is 14.9. The van der Waals surface area contributed by atoms with Gasteiger partial charge in [-0.15, -0.1) is 12.4 Å². The molecule has 1 nitrogen and oxygen atoms in total. The summed E-state index contributed by atoms with van der Waals surface area (Å²) in [4.78, 5) is 0. The topological polar surface area (TPSA) is 26.0 Å². The summed E-state index contributed by atoms with van der Waals surface area (Å²) in [5.41, 5.74) is 6.00. The third kappa shape index (κ3) is 4.11. The van der Waals surface area contributed by atoms with Crippen molar-refractivity contribution in [2.24, 2.45) is 5.73 Å². The van der Waals surface area contributed by atoms with E-state index in [0.29, 0.717) is 10.6 Å². The fourth-order valence-corrected chi connectivity index (χ4v) is 1.57. The molecule has 0 saturated heterocycles. The minimum Gasteiger partial charge on any atom is -0.324 e. The molecular formula is C9H10Cl3F2N. The van der Waals surface area contributed by atoms with E-state index in [1.54, 1.807) is 18.2 Å². The molecule has 2 N–H and O–H groups in total. The number of halogens is 5. The summed E-state index contributed by atoms with van der Waals surface area (Å²) < 4.78 is 24.1. The molecule has 0 bridgehead atoms. The zero-order valence-electron chi connectivity index (χ0n) is 7.59. The fraction of sp³-hybridized carbons (Fsp3) is 0.333. The SMILES string of the molecule is Cl.N[C@H](CC(F)F)c1cccc(Cl)c1Cl. The summed E-state index contributed by atoms with van der Waals surface area (Å²) >= 11 is 11.5. The zero-order chi connectivity index (χ0) is 10.7. The lowest BCUT2D eigenvalue weighted by Gasteiger charge is -2.13. The van der Waals surface area contributed by atoms with Crippen molar-refractivity contribution in [2.45, 2.75) is 18.9 Å². The Morgan fingerprint density at radius 2 is 1.87 bits per heavy atom. The van der Waals surface area contributed by atoms with Crippen molar-refractivity contribution in [3.63, 3.8) is 0 Å². The van der Waals surface area contributed by atoms with E-state index in [-0.39, 0.29) is 17.4 Å². The number of hydrogen-bond acceptors (Lipinski definition) is 1. The number of nitrogens with two attached hydrogens (primary N) is 1. The van der Waals surface area contributed by atoms with Crippen LogP contribution in [0.5, 0.6) is 0 Å². The van der Waals surface area contributed by atoms with Gasteiger partial charge in [0.2, 0.25) is 6.43 Å². The predicted octanol–water partition coefficient (Wildman–Crippen LogP) is 4.07. The molecule has 0 unspecified atom stereocenters. The highest BCUT2D eigenvalue weighted by Gasteiger charge is 2.16. The van der Waals surface area contributed by atoms with Crippen LogP contribution in [0.15, 0.2) is 18.2 Å². The number of rotatable bonds is 3. The van der Waals surface area contributed by atoms with Crippen LogP contribution in [0.1, 0.15) is 18.0 Å². The van der Waals surface area contributed by atoms with Gasteiger partial charge < -0.3 is 5.73 Å². The van der Waals surface area contributed by atoms with Gasteiger partial charge in [0.25, 0.3) is 0 Å². The summed E-state index contributed by atoms with van der Waals surface area (Å²) in [5.74, 6) is 0. The molecular weight excluding hydrogens is 266 g/mol. The van der Waals surface area contributed by atoms with E-state index < -0.39 is 18.9 Å². The minimum absolute atomic E-state index is 0. The average Bonchev–Trinajstić information content (AvgIpc) is 2.08. The highest BCUT2D eigenvalue weighted by molar-refractivity contribution is 6.42. The molecule has 0 aromatic heterocycles. The lowest BCUT2D eigenvalue weighted by atomic mass is 10.1. The van der Waals surface area contributed by atoms with Crippen molar-refractivity contribution >= 4 is 35.6 Å². The second-order valence-electron chi connectivity index (χ2n) is 2.88. The third-order valence-electron chi connectivity index (χ3n) is 1.81. The van der Waals surface area contributed by atoms with E-state index in [0.717, 1.165) is 0 Å². The first-order chi connectivity index (χ1) is 6.52. The van der Waals surface area contributed by atoms with E-state index in [2.05, 4.69) is 0 Å². The summed E-state index contributed by atoms with van der Waals surface area (Å²) in [6.45, 7) is 0. The Morgan fingerprint density at radius 3 is 2.40 bits per heavy atom. The molecule has 1 rings (SSSR count). The van der Waals surface area contributed by atoms with Crippen LogP contribution in [0.25, 0.3) is 0 Å². The maximum atomic E-state index is 12.0. The highest BCUT2D eigenvalue weighted by atomic mass is 35.5. The molecule has 0 radical (unpaired) electrons. The molecule has 0 aliphatic carbocycles. The molecule has 86 valence electrons. The van der Waals surface area contributed by atoms with Gasteiger partial charge >= 0.3 is 0 Å². The Morgan fingerprint density at radius 1 is 1.27 bits per heavy atom. The lowest BCUT2D eigenvalue weighted by molar-refractivity contribution is 0.128. The fourth-order valence-electron chi connectivity index (χ4n) is 1.13. The van der Waals surface area contributed by atoms with Gasteiger partial charge in [-0.3, -0.25) is 0 Å². The number of benzene rings is 1. The molecule has 0 fully saturated rings. The monoisotopic (exact) mass is 275 g/mol. The van der Waals surface area contributed by atoms with Crippen LogP contribution in [-0.2, 0) is 0 Å². The van der Waals surface area contributed by atoms with Gasteiger partial charge in [0.15, 0.2) is 0 Å². The molecule has 0 heterocycles. The lowest BCUT2D eigenvalue weighted by Crippen LogP contribution is -2.14. The molecule has 1 atom stereocenters. The molecule has 0 amide bonds. The Bertz CT molecular complexity index is 320. The predicted molar refractivity (Wildman–Crippen MR) is 61.3 cm³/mol. The van der Waals surface area contributed by atoms with E-state index in [1.807, 2.05) is 0 Å². The quantitative estimate of drug-likeness (QED) is 0.885. The highest BCUT2D eigenvalue weighted by Crippen LogP contribution is 2.31. The molecule has 15 heavy (non-hydrogen) atoms. The van der Waals surface area contributed by atoms with Gasteiger partial charge in [0, 0.05) is 12.5 Å². The van der Waals surface area contributed by atoms with Gasteiger partial charge in [-0.1, -0.05) is 35.3 Å². The summed E-state index contributed by atoms with van der Waals surface area (Å²) in [7, 11) is 0. The first-order valence-electron chi connectivity index (χ1n) is 4.00. The Hall–Kier alpha value is -0.0900. The molecule has 6 heteroatoms. The average molecular weight is 277 g/mol. The van der Waals surface area contributed by atoms with E-state index in [4.69, 9.17) is 28.9 Å². The van der Waals surface area contributed by atoms with Gasteiger partial charge in [-0.05, 0) is 11.6 Å². The van der Waals surface area contributed by atoms with Crippen LogP contribution in [0, 0.1) is 0 Å². The summed E-state index contributed by atoms with van der Waals surface area (Å²) in [6.07, 6.45) is -2.86. The minimum atomic E-state index is -2.44. The molecule has 0 aliphatic rings. The first-order valence-corrected chi connectivity index (χ1v) is 4.75. The summed E-state index contributed by atoms with van der Waals surface area (Å²) in [5, 5.41) is 0.580. The Labute approximate surface area is 103 Å². The maximum absolute atomic E-state index is 12.0. The van der Waals surface area contributed by atoms with Crippen LogP contribution in [-0.4, -0.2) is 6.43 Å². The van der Waals surface area contributed by atoms with Crippen molar-refractivity contribution in [3.05, 3.63) is 33.8 Å². The van der Waals surface area contributed by atoms with Gasteiger partial charge in [-0.2, -0.15) is 0 Å². The van der Waals surface area contributed by atoms with Crippen molar-refractivity contribution < 1.29 is 8.78 Å². The molecule has 0 saturated carbocycles. The maximum Gasteiger partial charge on any atom is 0.240 e. The van der Waals surface area contributed by atoms with E-state index in [9.17, 15) is 8.78 Å². The molecule has 1 aromatic rings. The van der Waals surface area contributed by atoms with Crippen LogP contribution in [0.2, 0.25) is 10.0 Å². The van der Waals surface area contributed by atoms with Crippen LogP contribution in [0.4, 0.5) is 8.78 Å². The summed E-state index contributed by atoms with van der Waals surface area (Å²) in [6, 6.07) is 4.04. The Kier molecular flexibility index (Phi) is 6.44. The van der Waals surface area contributed by atoms with Crippen LogP contribution >= 0.6 is 35.6 Å². The molecule has 1 aromatic carbocycles. The van der Waals surface area contributed by atoms with Crippen LogP contribution in [0.3, 0.4) is 0 Å². The third-order valence-corrected chi connectivity index (χ3v) is 2.65. The van der Waals surface area contributed by atoms with Crippen molar-refractivity contribution in [2.75, 3.05) is 0 Å². The van der Waals surface area contributed by atoms with Gasteiger partial charge in [-0.25, -0.2) is 8.78 Å². The Balaban J connectivity index is 0.00000196. The largest absolute Gasteiger partial charge is 0.324 e. The van der Waals surface area contributed by atoms with Crippen molar-refractivity contribution in [1.82, 2.24) is 0 Å². The van der Waals surface area contributed by atoms with E-state index in [1.165, 1.54) is 0 Å². The molecule has 0 aliphatic heterocycles.